The van der Waals surface area contributed by atoms with Crippen molar-refractivity contribution in [3.05, 3.63) is 34.7 Å². The average molecular weight is 222 g/mol. The van der Waals surface area contributed by atoms with E-state index in [1.165, 1.54) is 11.3 Å². The molecule has 0 aliphatic carbocycles. The quantitative estimate of drug-likeness (QED) is 0.838. The predicted octanol–water partition coefficient (Wildman–Crippen LogP) is 0.990. The number of aromatic nitrogens is 3. The summed E-state index contributed by atoms with van der Waals surface area (Å²) in [5.74, 6) is 0.457. The fourth-order valence-corrected chi connectivity index (χ4v) is 1.84. The number of nitrogens with two attached hydrogens (primary N) is 1. The maximum atomic E-state index is 6.03. The van der Waals surface area contributed by atoms with Crippen molar-refractivity contribution in [1.29, 1.82) is 0 Å². The van der Waals surface area contributed by atoms with Crippen molar-refractivity contribution in [2.24, 2.45) is 5.73 Å². The molecule has 0 saturated carbocycles. The second-order valence-corrected chi connectivity index (χ2v) is 3.75. The Kier molecular flexibility index (Phi) is 2.89. The molecule has 1 unspecified atom stereocenters. The minimum Gasteiger partial charge on any atom is -0.480 e. The van der Waals surface area contributed by atoms with Crippen LogP contribution < -0.4 is 10.5 Å². The first-order valence-electron chi connectivity index (χ1n) is 4.31. The lowest BCUT2D eigenvalue weighted by Crippen LogP contribution is -2.14. The summed E-state index contributed by atoms with van der Waals surface area (Å²) in [6.45, 7) is 0. The van der Waals surface area contributed by atoms with Gasteiger partial charge in [-0.05, 0) is 0 Å². The monoisotopic (exact) mass is 222 g/mol. The Balaban J connectivity index is 2.37. The van der Waals surface area contributed by atoms with E-state index in [1.807, 2.05) is 0 Å². The predicted molar refractivity (Wildman–Crippen MR) is 56.7 cm³/mol. The van der Waals surface area contributed by atoms with Crippen LogP contribution in [0.15, 0.2) is 24.1 Å². The van der Waals surface area contributed by atoms with E-state index in [9.17, 15) is 0 Å². The van der Waals surface area contributed by atoms with Crippen molar-refractivity contribution < 1.29 is 4.74 Å². The van der Waals surface area contributed by atoms with Gasteiger partial charge >= 0.3 is 0 Å². The highest BCUT2D eigenvalue weighted by molar-refractivity contribution is 7.09. The molecule has 5 nitrogen and oxygen atoms in total. The van der Waals surface area contributed by atoms with E-state index in [2.05, 4.69) is 15.0 Å². The van der Waals surface area contributed by atoms with E-state index >= 15 is 0 Å². The van der Waals surface area contributed by atoms with E-state index in [-0.39, 0.29) is 6.04 Å². The average Bonchev–Trinajstić information content (AvgIpc) is 2.81. The minimum absolute atomic E-state index is 0.332. The highest BCUT2D eigenvalue weighted by Gasteiger charge is 2.17. The molecule has 0 spiro atoms. The first kappa shape index (κ1) is 10.0. The van der Waals surface area contributed by atoms with Gasteiger partial charge in [0.25, 0.3) is 0 Å². The van der Waals surface area contributed by atoms with Crippen LogP contribution in [0.2, 0.25) is 0 Å². The highest BCUT2D eigenvalue weighted by atomic mass is 32.1. The first-order valence-corrected chi connectivity index (χ1v) is 5.19. The SMILES string of the molecule is COc1nccnc1C(N)c1cncs1. The third-order valence-corrected chi connectivity index (χ3v) is 2.80. The Bertz CT molecular complexity index is 431. The van der Waals surface area contributed by atoms with Gasteiger partial charge in [-0.25, -0.2) is 4.98 Å². The molecule has 15 heavy (non-hydrogen) atoms. The maximum Gasteiger partial charge on any atom is 0.237 e. The normalized spacial score (nSPS) is 12.4. The smallest absolute Gasteiger partial charge is 0.237 e. The van der Waals surface area contributed by atoms with Gasteiger partial charge < -0.3 is 10.5 Å². The lowest BCUT2D eigenvalue weighted by molar-refractivity contribution is 0.387. The molecule has 2 aromatic heterocycles. The van der Waals surface area contributed by atoms with Crippen LogP contribution in [0.1, 0.15) is 16.6 Å². The van der Waals surface area contributed by atoms with Crippen molar-refractivity contribution >= 4 is 11.3 Å². The molecule has 1 atom stereocenters. The van der Waals surface area contributed by atoms with Crippen LogP contribution >= 0.6 is 11.3 Å². The highest BCUT2D eigenvalue weighted by Crippen LogP contribution is 2.25. The van der Waals surface area contributed by atoms with E-state index in [4.69, 9.17) is 10.5 Å². The molecule has 2 heterocycles. The molecule has 2 N–H and O–H groups in total. The second kappa shape index (κ2) is 4.33. The Morgan fingerprint density at radius 2 is 2.20 bits per heavy atom. The summed E-state index contributed by atoms with van der Waals surface area (Å²) in [5, 5.41) is 0. The topological polar surface area (TPSA) is 73.9 Å². The number of rotatable bonds is 3. The van der Waals surface area contributed by atoms with Crippen molar-refractivity contribution in [3.8, 4) is 5.88 Å². The van der Waals surface area contributed by atoms with Gasteiger partial charge in [0.2, 0.25) is 5.88 Å². The van der Waals surface area contributed by atoms with Crippen LogP contribution in [0.25, 0.3) is 0 Å². The van der Waals surface area contributed by atoms with Crippen LogP contribution in [-0.2, 0) is 0 Å². The Morgan fingerprint density at radius 3 is 2.87 bits per heavy atom. The lowest BCUT2D eigenvalue weighted by Gasteiger charge is -2.10. The fraction of sp³-hybridized carbons (Fsp3) is 0.222. The van der Waals surface area contributed by atoms with Crippen molar-refractivity contribution in [2.45, 2.75) is 6.04 Å². The number of nitrogens with zero attached hydrogens (tertiary/aromatic N) is 3. The summed E-state index contributed by atoms with van der Waals surface area (Å²) in [6, 6.07) is -0.332. The van der Waals surface area contributed by atoms with Gasteiger partial charge in [-0.1, -0.05) is 0 Å². The maximum absolute atomic E-state index is 6.03. The molecule has 0 bridgehead atoms. The largest absolute Gasteiger partial charge is 0.480 e. The standard InChI is InChI=1S/C9H10N4OS/c1-14-9-8(12-2-3-13-9)7(10)6-4-11-5-15-6/h2-5,7H,10H2,1H3. The van der Waals surface area contributed by atoms with Crippen molar-refractivity contribution in [3.63, 3.8) is 0 Å². The van der Waals surface area contributed by atoms with Gasteiger partial charge in [-0.3, -0.25) is 9.97 Å². The van der Waals surface area contributed by atoms with Gasteiger partial charge in [0.15, 0.2) is 0 Å². The summed E-state index contributed by atoms with van der Waals surface area (Å²) in [4.78, 5) is 13.1. The molecule has 0 amide bonds. The van der Waals surface area contributed by atoms with Crippen LogP contribution in [-0.4, -0.2) is 22.1 Å². The van der Waals surface area contributed by atoms with E-state index in [0.29, 0.717) is 11.6 Å². The molecule has 0 aliphatic rings. The zero-order chi connectivity index (χ0) is 10.7. The number of hydrogen-bond acceptors (Lipinski definition) is 6. The van der Waals surface area contributed by atoms with Gasteiger partial charge in [0.1, 0.15) is 5.69 Å². The molecule has 2 aromatic rings. The number of methoxy groups -OCH3 is 1. The zero-order valence-electron chi connectivity index (χ0n) is 8.12. The summed E-state index contributed by atoms with van der Waals surface area (Å²) < 4.78 is 5.10. The van der Waals surface area contributed by atoms with E-state index in [1.54, 1.807) is 31.2 Å². The summed E-state index contributed by atoms with van der Waals surface area (Å²) in [6.07, 6.45) is 4.89. The van der Waals surface area contributed by atoms with Crippen LogP contribution in [0.3, 0.4) is 0 Å². The number of ether oxygens (including phenoxy) is 1. The van der Waals surface area contributed by atoms with Crippen LogP contribution in [0, 0.1) is 0 Å². The van der Waals surface area contributed by atoms with Gasteiger partial charge in [0, 0.05) is 23.5 Å². The van der Waals surface area contributed by atoms with Crippen molar-refractivity contribution in [2.75, 3.05) is 7.11 Å². The molecule has 0 radical (unpaired) electrons. The summed E-state index contributed by atoms with van der Waals surface area (Å²) in [7, 11) is 1.55. The molecular formula is C9H10N4OS. The second-order valence-electron chi connectivity index (χ2n) is 2.83. The van der Waals surface area contributed by atoms with Gasteiger partial charge in [-0.2, -0.15) is 0 Å². The van der Waals surface area contributed by atoms with Crippen molar-refractivity contribution in [1.82, 2.24) is 15.0 Å². The lowest BCUT2D eigenvalue weighted by atomic mass is 10.2. The fourth-order valence-electron chi connectivity index (χ4n) is 1.22. The molecule has 0 fully saturated rings. The molecule has 0 aromatic carbocycles. The summed E-state index contributed by atoms with van der Waals surface area (Å²) in [5.41, 5.74) is 8.39. The molecule has 6 heteroatoms. The number of thiazole rings is 1. The van der Waals surface area contributed by atoms with Gasteiger partial charge in [-0.15, -0.1) is 11.3 Å². The zero-order valence-corrected chi connectivity index (χ0v) is 8.94. The third kappa shape index (κ3) is 1.95. The van der Waals surface area contributed by atoms with Gasteiger partial charge in [0.05, 0.1) is 18.7 Å². The van der Waals surface area contributed by atoms with E-state index in [0.717, 1.165) is 4.88 Å². The number of hydrogen-bond donors (Lipinski definition) is 1. The van der Waals surface area contributed by atoms with E-state index < -0.39 is 0 Å². The first-order chi connectivity index (χ1) is 7.33. The molecular weight excluding hydrogens is 212 g/mol. The minimum atomic E-state index is -0.332. The molecule has 78 valence electrons. The Hall–Kier alpha value is -1.53. The molecule has 0 saturated heterocycles. The molecule has 0 aliphatic heterocycles. The Morgan fingerprint density at radius 1 is 1.40 bits per heavy atom. The Labute approximate surface area is 91.0 Å². The summed E-state index contributed by atoms with van der Waals surface area (Å²) >= 11 is 1.49. The molecule has 2 rings (SSSR count). The van der Waals surface area contributed by atoms with Crippen LogP contribution in [0.4, 0.5) is 0 Å². The van der Waals surface area contributed by atoms with Crippen LogP contribution in [0.5, 0.6) is 5.88 Å². The third-order valence-electron chi connectivity index (χ3n) is 1.94.